The first-order chi connectivity index (χ1) is 16.6. The molecule has 1 atom stereocenters. The number of hydrogen-bond donors (Lipinski definition) is 3. The number of benzene rings is 3. The van der Waals surface area contributed by atoms with Crippen LogP contribution in [0.1, 0.15) is 17.2 Å². The van der Waals surface area contributed by atoms with Gasteiger partial charge >= 0.3 is 0 Å². The fourth-order valence-electron chi connectivity index (χ4n) is 3.19. The molecule has 0 heterocycles. The first-order valence-corrected chi connectivity index (χ1v) is 10.8. The Morgan fingerprint density at radius 2 is 1.71 bits per heavy atom. The molecule has 3 aromatic carbocycles. The predicted octanol–water partition coefficient (Wildman–Crippen LogP) is 4.89. The Morgan fingerprint density at radius 3 is 2.31 bits per heavy atom. The van der Waals surface area contributed by atoms with Crippen molar-refractivity contribution in [3.05, 3.63) is 118 Å². The highest BCUT2D eigenvalue weighted by atomic mass is 35.5. The fraction of sp³-hybridized carbons (Fsp3) is 0.0400. The summed E-state index contributed by atoms with van der Waals surface area (Å²) in [5.74, 6) is 3.42. The van der Waals surface area contributed by atoms with Crippen molar-refractivity contribution in [1.29, 1.82) is 0 Å². The van der Waals surface area contributed by atoms with E-state index in [-0.39, 0.29) is 32.6 Å². The van der Waals surface area contributed by atoms with Crippen LogP contribution >= 0.6 is 23.2 Å². The molecule has 3 aromatic rings. The number of anilines is 1. The normalized spacial score (nSPS) is 12.1. The number of rotatable bonds is 8. The molecular formula is C25H20Cl2F2N4O2. The van der Waals surface area contributed by atoms with Gasteiger partial charge < -0.3 is 11.1 Å². The van der Waals surface area contributed by atoms with Crippen molar-refractivity contribution in [3.8, 4) is 0 Å². The van der Waals surface area contributed by atoms with Crippen molar-refractivity contribution in [2.75, 3.05) is 5.01 Å². The minimum atomic E-state index is -1.12. The number of primary amides is 1. The molecule has 180 valence electrons. The molecule has 10 heteroatoms. The van der Waals surface area contributed by atoms with Crippen molar-refractivity contribution in [2.45, 2.75) is 6.04 Å². The van der Waals surface area contributed by atoms with Gasteiger partial charge in [0.05, 0.1) is 16.4 Å². The Kier molecular flexibility index (Phi) is 8.24. The zero-order valence-electron chi connectivity index (χ0n) is 18.1. The lowest BCUT2D eigenvalue weighted by Gasteiger charge is -2.24. The van der Waals surface area contributed by atoms with E-state index < -0.39 is 29.5 Å². The first kappa shape index (κ1) is 25.9. The van der Waals surface area contributed by atoms with Gasteiger partial charge in [-0.3, -0.25) is 14.6 Å². The third-order valence-electron chi connectivity index (χ3n) is 4.89. The first-order valence-electron chi connectivity index (χ1n) is 10.1. The maximum atomic E-state index is 14.1. The SMILES string of the molecule is C=C(/C=C(/c1cc(F)cc(Cl)c1)N(N)c1ccc(F)c(Cl)c1)C(=O)NC(C(N)=O)c1ccccc1. The van der Waals surface area contributed by atoms with E-state index in [2.05, 4.69) is 11.9 Å². The van der Waals surface area contributed by atoms with Crippen LogP contribution in [0.2, 0.25) is 10.0 Å². The van der Waals surface area contributed by atoms with Crippen molar-refractivity contribution in [3.63, 3.8) is 0 Å². The lowest BCUT2D eigenvalue weighted by atomic mass is 10.0. The summed E-state index contributed by atoms with van der Waals surface area (Å²) in [5.41, 5.74) is 6.32. The lowest BCUT2D eigenvalue weighted by molar-refractivity contribution is -0.125. The van der Waals surface area contributed by atoms with Gasteiger partial charge in [-0.2, -0.15) is 0 Å². The number of nitrogens with zero attached hydrogens (tertiary/aromatic N) is 1. The summed E-state index contributed by atoms with van der Waals surface area (Å²) in [4.78, 5) is 24.9. The zero-order chi connectivity index (χ0) is 25.7. The maximum absolute atomic E-state index is 14.1. The average Bonchev–Trinajstić information content (AvgIpc) is 2.81. The largest absolute Gasteiger partial charge is 0.368 e. The second-order valence-electron chi connectivity index (χ2n) is 7.40. The standard InChI is InChI=1S/C25H20Cl2F2N4O2/c1-14(25(35)32-23(24(30)34)15-5-3-2-4-6-15)9-22(16-10-17(26)12-18(28)11-16)33(31)19-7-8-21(29)20(27)13-19/h2-13,23H,1,31H2,(H2,30,34)(H,32,35)/b22-9-. The molecule has 3 rings (SSSR count). The average molecular weight is 517 g/mol. The van der Waals surface area contributed by atoms with Crippen molar-refractivity contribution in [2.24, 2.45) is 11.6 Å². The van der Waals surface area contributed by atoms with E-state index in [1.807, 2.05) is 0 Å². The number of carbonyl (C=O) groups is 2. The second-order valence-corrected chi connectivity index (χ2v) is 8.24. The molecule has 1 unspecified atom stereocenters. The summed E-state index contributed by atoms with van der Waals surface area (Å²) >= 11 is 11.9. The topological polar surface area (TPSA) is 101 Å². The van der Waals surface area contributed by atoms with Gasteiger partial charge in [-0.1, -0.05) is 60.1 Å². The number of nitrogens with two attached hydrogens (primary N) is 2. The van der Waals surface area contributed by atoms with Crippen LogP contribution < -0.4 is 21.9 Å². The Balaban J connectivity index is 2.00. The summed E-state index contributed by atoms with van der Waals surface area (Å²) in [7, 11) is 0. The molecule has 0 spiro atoms. The molecule has 0 saturated heterocycles. The zero-order valence-corrected chi connectivity index (χ0v) is 19.7. The molecule has 0 aliphatic carbocycles. The van der Waals surface area contributed by atoms with E-state index in [0.717, 1.165) is 23.2 Å². The van der Waals surface area contributed by atoms with E-state index in [4.69, 9.17) is 34.8 Å². The Hall–Kier alpha value is -3.72. The van der Waals surface area contributed by atoms with E-state index in [0.29, 0.717) is 5.56 Å². The number of hydrazine groups is 1. The van der Waals surface area contributed by atoms with Crippen LogP contribution in [0.4, 0.5) is 14.5 Å². The third kappa shape index (κ3) is 6.45. The highest BCUT2D eigenvalue weighted by Crippen LogP contribution is 2.30. The molecule has 5 N–H and O–H groups in total. The van der Waals surface area contributed by atoms with Gasteiger partial charge in [0.15, 0.2) is 0 Å². The number of carbonyl (C=O) groups excluding carboxylic acids is 2. The quantitative estimate of drug-likeness (QED) is 0.171. The molecule has 6 nitrogen and oxygen atoms in total. The summed E-state index contributed by atoms with van der Waals surface area (Å²) in [6.07, 6.45) is 1.26. The Morgan fingerprint density at radius 1 is 1.03 bits per heavy atom. The van der Waals surface area contributed by atoms with Gasteiger partial charge in [-0.15, -0.1) is 0 Å². The van der Waals surface area contributed by atoms with Crippen LogP contribution in [0, 0.1) is 11.6 Å². The number of amides is 2. The van der Waals surface area contributed by atoms with E-state index in [1.165, 1.54) is 24.3 Å². The second kappa shape index (κ2) is 11.1. The minimum absolute atomic E-state index is 0.0735. The van der Waals surface area contributed by atoms with Gasteiger partial charge in [0, 0.05) is 16.2 Å². The van der Waals surface area contributed by atoms with Crippen LogP contribution in [-0.4, -0.2) is 11.8 Å². The van der Waals surface area contributed by atoms with Crippen molar-refractivity contribution in [1.82, 2.24) is 5.32 Å². The van der Waals surface area contributed by atoms with Crippen LogP contribution in [0.15, 0.2) is 85.0 Å². The maximum Gasteiger partial charge on any atom is 0.251 e. The number of nitrogens with one attached hydrogen (secondary N) is 1. The van der Waals surface area contributed by atoms with Crippen molar-refractivity contribution < 1.29 is 18.4 Å². The van der Waals surface area contributed by atoms with Crippen LogP contribution in [0.25, 0.3) is 5.70 Å². The Labute approximate surface area is 210 Å². The molecule has 0 aliphatic rings. The molecule has 0 bridgehead atoms. The number of hydrogen-bond acceptors (Lipinski definition) is 4. The van der Waals surface area contributed by atoms with Crippen molar-refractivity contribution >= 4 is 46.4 Å². The fourth-order valence-corrected chi connectivity index (χ4v) is 3.58. The summed E-state index contributed by atoms with van der Waals surface area (Å²) < 4.78 is 27.8. The van der Waals surface area contributed by atoms with E-state index in [9.17, 15) is 18.4 Å². The van der Waals surface area contributed by atoms with Gasteiger partial charge in [0.1, 0.15) is 17.7 Å². The molecule has 0 saturated carbocycles. The predicted molar refractivity (Wildman–Crippen MR) is 133 cm³/mol. The molecule has 0 aliphatic heterocycles. The highest BCUT2D eigenvalue weighted by molar-refractivity contribution is 6.31. The minimum Gasteiger partial charge on any atom is -0.368 e. The molecule has 0 aromatic heterocycles. The third-order valence-corrected chi connectivity index (χ3v) is 5.40. The van der Waals surface area contributed by atoms with Gasteiger partial charge in [-0.25, -0.2) is 14.6 Å². The molecule has 2 amide bonds. The molecule has 0 radical (unpaired) electrons. The monoisotopic (exact) mass is 516 g/mol. The summed E-state index contributed by atoms with van der Waals surface area (Å²) in [6.45, 7) is 3.74. The van der Waals surface area contributed by atoms with Crippen LogP contribution in [0.5, 0.6) is 0 Å². The Bertz CT molecular complexity index is 1300. The smallest absolute Gasteiger partial charge is 0.251 e. The molecule has 0 fully saturated rings. The molecule has 35 heavy (non-hydrogen) atoms. The van der Waals surface area contributed by atoms with E-state index in [1.54, 1.807) is 30.3 Å². The van der Waals surface area contributed by atoms with Crippen LogP contribution in [0.3, 0.4) is 0 Å². The number of halogens is 4. The molecular weight excluding hydrogens is 497 g/mol. The van der Waals surface area contributed by atoms with Gasteiger partial charge in [0.25, 0.3) is 5.91 Å². The van der Waals surface area contributed by atoms with E-state index >= 15 is 0 Å². The summed E-state index contributed by atoms with van der Waals surface area (Å²) in [5, 5.41) is 3.46. The van der Waals surface area contributed by atoms with Crippen LogP contribution in [-0.2, 0) is 9.59 Å². The summed E-state index contributed by atoms with van der Waals surface area (Å²) in [6, 6.07) is 14.6. The van der Waals surface area contributed by atoms with Gasteiger partial charge in [-0.05, 0) is 48.0 Å². The lowest BCUT2D eigenvalue weighted by Crippen LogP contribution is -2.38. The van der Waals surface area contributed by atoms with Gasteiger partial charge in [0.2, 0.25) is 5.91 Å². The highest BCUT2D eigenvalue weighted by Gasteiger charge is 2.22.